The van der Waals surface area contributed by atoms with Crippen LogP contribution in [-0.4, -0.2) is 26.2 Å². The van der Waals surface area contributed by atoms with E-state index in [0.717, 1.165) is 26.2 Å². The van der Waals surface area contributed by atoms with Crippen molar-refractivity contribution in [1.29, 1.82) is 0 Å². The summed E-state index contributed by atoms with van der Waals surface area (Å²) in [5.74, 6) is 0. The minimum Gasteiger partial charge on any atom is -1.00 e. The molecule has 3 nitrogen and oxygen atoms in total. The monoisotopic (exact) mass is 464 g/mol. The second-order valence-corrected chi connectivity index (χ2v) is 7.15. The van der Waals surface area contributed by atoms with Crippen LogP contribution in [0, 0.1) is 41.5 Å². The Morgan fingerprint density at radius 2 is 0.821 bits per heavy atom. The molecule has 0 aliphatic heterocycles. The van der Waals surface area contributed by atoms with Crippen molar-refractivity contribution < 1.29 is 41.9 Å². The van der Waals surface area contributed by atoms with E-state index in [2.05, 4.69) is 81.8 Å². The summed E-state index contributed by atoms with van der Waals surface area (Å²) in [7, 11) is 0. The van der Waals surface area contributed by atoms with Gasteiger partial charge >= 0.3 is 17.1 Å². The number of rotatable bonds is 8. The average Bonchev–Trinajstić information content (AvgIpc) is 2.50. The van der Waals surface area contributed by atoms with Gasteiger partial charge in [-0.25, -0.2) is 0 Å². The second-order valence-electron chi connectivity index (χ2n) is 7.15. The molecular weight excluding hydrogens is 432 g/mol. The van der Waals surface area contributed by atoms with Gasteiger partial charge in [0.2, 0.25) is 0 Å². The molecule has 0 aliphatic rings. The molecule has 1 radical (unpaired) electrons. The molecule has 0 aromatic heterocycles. The first kappa shape index (κ1) is 29.3. The summed E-state index contributed by atoms with van der Waals surface area (Å²) in [6.07, 6.45) is 0. The van der Waals surface area contributed by atoms with Crippen molar-refractivity contribution >= 4 is 11.4 Å². The SMILES string of the molecule is Cc1cc(C)c(NCCNCCNc2c(C)cc(C)cc2C)c(C)c1.[Cl-].[Cl-].[Mn+2]. The van der Waals surface area contributed by atoms with E-state index in [-0.39, 0.29) is 41.9 Å². The van der Waals surface area contributed by atoms with Gasteiger partial charge in [0.15, 0.2) is 0 Å². The van der Waals surface area contributed by atoms with Gasteiger partial charge in [0.05, 0.1) is 0 Å². The van der Waals surface area contributed by atoms with Crippen molar-refractivity contribution in [2.45, 2.75) is 41.5 Å². The van der Waals surface area contributed by atoms with Crippen LogP contribution in [0.1, 0.15) is 33.4 Å². The van der Waals surface area contributed by atoms with Crippen molar-refractivity contribution in [2.75, 3.05) is 36.8 Å². The predicted octanol–water partition coefficient (Wildman–Crippen LogP) is -1.34. The fourth-order valence-corrected chi connectivity index (χ4v) is 3.59. The summed E-state index contributed by atoms with van der Waals surface area (Å²) in [5.41, 5.74) is 10.5. The van der Waals surface area contributed by atoms with E-state index in [1.165, 1.54) is 44.8 Å². The van der Waals surface area contributed by atoms with Crippen molar-refractivity contribution in [3.8, 4) is 0 Å². The molecule has 2 aromatic carbocycles. The largest absolute Gasteiger partial charge is 2.00 e. The maximum absolute atomic E-state index is 3.56. The maximum Gasteiger partial charge on any atom is 2.00 e. The molecule has 28 heavy (non-hydrogen) atoms. The molecule has 3 N–H and O–H groups in total. The van der Waals surface area contributed by atoms with Crippen molar-refractivity contribution in [3.63, 3.8) is 0 Å². The molecule has 6 heteroatoms. The molecule has 0 spiro atoms. The third-order valence-electron chi connectivity index (χ3n) is 4.56. The van der Waals surface area contributed by atoms with E-state index in [0.29, 0.717) is 0 Å². The van der Waals surface area contributed by atoms with E-state index in [4.69, 9.17) is 0 Å². The van der Waals surface area contributed by atoms with Crippen LogP contribution in [0.25, 0.3) is 0 Å². The topological polar surface area (TPSA) is 36.1 Å². The molecule has 157 valence electrons. The van der Waals surface area contributed by atoms with Crippen LogP contribution < -0.4 is 40.8 Å². The third-order valence-corrected chi connectivity index (χ3v) is 4.56. The summed E-state index contributed by atoms with van der Waals surface area (Å²) >= 11 is 0. The van der Waals surface area contributed by atoms with E-state index in [1.54, 1.807) is 0 Å². The minimum absolute atomic E-state index is 0. The van der Waals surface area contributed by atoms with Crippen LogP contribution in [-0.2, 0) is 17.1 Å². The fourth-order valence-electron chi connectivity index (χ4n) is 3.59. The minimum atomic E-state index is 0. The van der Waals surface area contributed by atoms with Gasteiger partial charge in [0, 0.05) is 37.6 Å². The quantitative estimate of drug-likeness (QED) is 0.334. The van der Waals surface area contributed by atoms with Crippen LogP contribution in [0.5, 0.6) is 0 Å². The Morgan fingerprint density at radius 1 is 0.536 bits per heavy atom. The van der Waals surface area contributed by atoms with Gasteiger partial charge in [-0.3, -0.25) is 0 Å². The smallest absolute Gasteiger partial charge is 1.00 e. The molecule has 0 atom stereocenters. The molecule has 0 bridgehead atoms. The zero-order valence-electron chi connectivity index (χ0n) is 17.8. The second kappa shape index (κ2) is 14.1. The van der Waals surface area contributed by atoms with E-state index >= 15 is 0 Å². The van der Waals surface area contributed by atoms with Gasteiger partial charge in [-0.15, -0.1) is 0 Å². The van der Waals surface area contributed by atoms with Crippen LogP contribution in [0.2, 0.25) is 0 Å². The van der Waals surface area contributed by atoms with Crippen LogP contribution in [0.4, 0.5) is 11.4 Å². The zero-order chi connectivity index (χ0) is 18.4. The van der Waals surface area contributed by atoms with Gasteiger partial charge in [0.25, 0.3) is 0 Å². The Hall–Kier alpha value is -0.901. The molecule has 0 heterocycles. The summed E-state index contributed by atoms with van der Waals surface area (Å²) in [6.45, 7) is 16.8. The first-order chi connectivity index (χ1) is 11.9. The molecular formula is C22H33Cl2MnN3. The molecule has 0 saturated carbocycles. The normalized spacial score (nSPS) is 9.64. The van der Waals surface area contributed by atoms with Crippen LogP contribution in [0.15, 0.2) is 24.3 Å². The number of anilines is 2. The molecule has 0 saturated heterocycles. The third kappa shape index (κ3) is 8.63. The summed E-state index contributed by atoms with van der Waals surface area (Å²) in [6, 6.07) is 8.94. The van der Waals surface area contributed by atoms with E-state index in [1.807, 2.05) is 0 Å². The Kier molecular flexibility index (Phi) is 14.8. The summed E-state index contributed by atoms with van der Waals surface area (Å²) < 4.78 is 0. The van der Waals surface area contributed by atoms with Crippen LogP contribution in [0.3, 0.4) is 0 Å². The van der Waals surface area contributed by atoms with Gasteiger partial charge in [-0.1, -0.05) is 35.4 Å². The van der Waals surface area contributed by atoms with Gasteiger partial charge in [0.1, 0.15) is 0 Å². The average molecular weight is 465 g/mol. The Balaban J connectivity index is 0. The number of nitrogens with one attached hydrogen (secondary N) is 3. The Morgan fingerprint density at radius 3 is 1.11 bits per heavy atom. The zero-order valence-corrected chi connectivity index (χ0v) is 20.5. The standard InChI is InChI=1S/C22H33N3.2ClH.Mn/c1-15-11-17(3)21(18(4)12-15)24-9-7-23-8-10-25-22-19(5)13-16(2)14-20(22)6;;;/h11-14,23-25H,7-10H2,1-6H3;2*1H;/q;;;+2/p-2. The molecule has 0 fully saturated rings. The molecule has 2 rings (SSSR count). The van der Waals surface area contributed by atoms with Crippen molar-refractivity contribution in [2.24, 2.45) is 0 Å². The number of aryl methyl sites for hydroxylation is 6. The molecule has 0 unspecified atom stereocenters. The maximum atomic E-state index is 3.56. The van der Waals surface area contributed by atoms with Crippen LogP contribution >= 0.6 is 0 Å². The number of benzene rings is 2. The number of halogens is 2. The summed E-state index contributed by atoms with van der Waals surface area (Å²) in [4.78, 5) is 0. The summed E-state index contributed by atoms with van der Waals surface area (Å²) in [5, 5.41) is 10.6. The predicted molar refractivity (Wildman–Crippen MR) is 111 cm³/mol. The Bertz CT molecular complexity index is 628. The van der Waals surface area contributed by atoms with E-state index in [9.17, 15) is 0 Å². The van der Waals surface area contributed by atoms with Gasteiger partial charge in [-0.2, -0.15) is 0 Å². The number of hydrogen-bond acceptors (Lipinski definition) is 3. The number of hydrogen-bond donors (Lipinski definition) is 3. The fraction of sp³-hybridized carbons (Fsp3) is 0.455. The first-order valence-electron chi connectivity index (χ1n) is 9.22. The van der Waals surface area contributed by atoms with Gasteiger partial charge < -0.3 is 40.8 Å². The van der Waals surface area contributed by atoms with Crippen molar-refractivity contribution in [3.05, 3.63) is 57.6 Å². The Labute approximate surface area is 194 Å². The molecule has 2 aromatic rings. The first-order valence-corrected chi connectivity index (χ1v) is 9.22. The van der Waals surface area contributed by atoms with Gasteiger partial charge in [-0.05, 0) is 63.8 Å². The van der Waals surface area contributed by atoms with Crippen molar-refractivity contribution in [1.82, 2.24) is 5.32 Å². The van der Waals surface area contributed by atoms with E-state index < -0.39 is 0 Å². The molecule has 0 amide bonds. The molecule has 0 aliphatic carbocycles.